The molecule has 2 aromatic rings. The molecular weight excluding hydrogens is 260 g/mol. The molecule has 1 aromatic heterocycles. The molecule has 0 amide bonds. The SMILES string of the molecule is Cc1c(C)n(C[C@H](O)C[NH2+]C2CCCC2)c2ccccc12. The topological polar surface area (TPSA) is 41.8 Å². The number of benzene rings is 1. The summed E-state index contributed by atoms with van der Waals surface area (Å²) in [5.41, 5.74) is 3.85. The summed E-state index contributed by atoms with van der Waals surface area (Å²) in [6, 6.07) is 9.23. The number of para-hydroxylation sites is 1. The van der Waals surface area contributed by atoms with Crippen molar-refractivity contribution in [2.45, 2.75) is 58.2 Å². The van der Waals surface area contributed by atoms with E-state index in [0.717, 1.165) is 12.6 Å². The predicted molar refractivity (Wildman–Crippen MR) is 86.5 cm³/mol. The van der Waals surface area contributed by atoms with Gasteiger partial charge >= 0.3 is 0 Å². The number of aromatic nitrogens is 1. The molecule has 0 saturated heterocycles. The number of aliphatic hydroxyl groups is 1. The minimum Gasteiger partial charge on any atom is -0.385 e. The number of hydrogen-bond acceptors (Lipinski definition) is 1. The Morgan fingerprint density at radius 1 is 1.24 bits per heavy atom. The smallest absolute Gasteiger partial charge is 0.121 e. The predicted octanol–water partition coefficient (Wildman–Crippen LogP) is 2.13. The summed E-state index contributed by atoms with van der Waals surface area (Å²) in [6.07, 6.45) is 5.07. The van der Waals surface area contributed by atoms with Crippen molar-refractivity contribution in [1.29, 1.82) is 0 Å². The number of fused-ring (bicyclic) bond motifs is 1. The Balaban J connectivity index is 1.70. The van der Waals surface area contributed by atoms with E-state index in [1.54, 1.807) is 0 Å². The van der Waals surface area contributed by atoms with Crippen molar-refractivity contribution in [2.75, 3.05) is 6.54 Å². The Kier molecular flexibility index (Phi) is 4.32. The second-order valence-corrected chi connectivity index (χ2v) is 6.51. The zero-order chi connectivity index (χ0) is 14.8. The molecule has 1 aliphatic carbocycles. The van der Waals surface area contributed by atoms with Gasteiger partial charge in [0.2, 0.25) is 0 Å². The lowest BCUT2D eigenvalue weighted by atomic mass is 10.2. The van der Waals surface area contributed by atoms with E-state index in [1.165, 1.54) is 47.8 Å². The highest BCUT2D eigenvalue weighted by Gasteiger charge is 2.20. The van der Waals surface area contributed by atoms with Crippen LogP contribution in [0.1, 0.15) is 36.9 Å². The molecule has 0 unspecified atom stereocenters. The monoisotopic (exact) mass is 287 g/mol. The van der Waals surface area contributed by atoms with Crippen molar-refractivity contribution in [3.63, 3.8) is 0 Å². The molecule has 0 spiro atoms. The van der Waals surface area contributed by atoms with Crippen molar-refractivity contribution >= 4 is 10.9 Å². The number of nitrogens with two attached hydrogens (primary N) is 1. The highest BCUT2D eigenvalue weighted by atomic mass is 16.3. The molecule has 21 heavy (non-hydrogen) atoms. The van der Waals surface area contributed by atoms with Crippen LogP contribution in [0.5, 0.6) is 0 Å². The summed E-state index contributed by atoms with van der Waals surface area (Å²) in [7, 11) is 0. The molecule has 1 aliphatic rings. The summed E-state index contributed by atoms with van der Waals surface area (Å²) < 4.78 is 2.28. The summed E-state index contributed by atoms with van der Waals surface area (Å²) >= 11 is 0. The van der Waals surface area contributed by atoms with E-state index >= 15 is 0 Å². The first kappa shape index (κ1) is 14.6. The highest BCUT2D eigenvalue weighted by molar-refractivity contribution is 5.85. The van der Waals surface area contributed by atoms with Crippen molar-refractivity contribution < 1.29 is 10.4 Å². The maximum Gasteiger partial charge on any atom is 0.121 e. The highest BCUT2D eigenvalue weighted by Crippen LogP contribution is 2.25. The fourth-order valence-electron chi connectivity index (χ4n) is 3.67. The van der Waals surface area contributed by atoms with Gasteiger partial charge in [0.15, 0.2) is 0 Å². The van der Waals surface area contributed by atoms with Gasteiger partial charge in [0.1, 0.15) is 12.6 Å². The standard InChI is InChI=1S/C18H26N2O/c1-13-14(2)20(18-10-6-5-9-17(13)18)12-16(21)11-19-15-7-3-4-8-15/h5-6,9-10,15-16,19,21H,3-4,7-8,11-12H2,1-2H3/p+1/t16-/m1/s1. The van der Waals surface area contributed by atoms with Crippen LogP contribution in [0, 0.1) is 13.8 Å². The maximum absolute atomic E-state index is 10.4. The third kappa shape index (κ3) is 2.99. The van der Waals surface area contributed by atoms with Crippen LogP contribution in [0.4, 0.5) is 0 Å². The molecule has 1 saturated carbocycles. The van der Waals surface area contributed by atoms with Gasteiger partial charge in [-0.05, 0) is 51.2 Å². The van der Waals surface area contributed by atoms with E-state index < -0.39 is 0 Å². The molecule has 0 aliphatic heterocycles. The van der Waals surface area contributed by atoms with E-state index in [4.69, 9.17) is 0 Å². The first-order chi connectivity index (χ1) is 10.2. The van der Waals surface area contributed by atoms with Gasteiger partial charge in [-0.3, -0.25) is 0 Å². The van der Waals surface area contributed by atoms with E-state index in [2.05, 4.69) is 48.0 Å². The maximum atomic E-state index is 10.4. The Bertz CT molecular complexity index is 611. The second-order valence-electron chi connectivity index (χ2n) is 6.51. The summed E-state index contributed by atoms with van der Waals surface area (Å²) in [5.74, 6) is 0. The molecule has 114 valence electrons. The molecule has 1 heterocycles. The van der Waals surface area contributed by atoms with E-state index in [1.807, 2.05) is 0 Å². The molecular formula is C18H27N2O+. The van der Waals surface area contributed by atoms with E-state index in [0.29, 0.717) is 6.54 Å². The largest absolute Gasteiger partial charge is 0.385 e. The van der Waals surface area contributed by atoms with Crippen LogP contribution in [0.15, 0.2) is 24.3 Å². The van der Waals surface area contributed by atoms with Gasteiger partial charge in [0.25, 0.3) is 0 Å². The quantitative estimate of drug-likeness (QED) is 0.869. The van der Waals surface area contributed by atoms with Crippen LogP contribution in [0.25, 0.3) is 10.9 Å². The normalized spacial score (nSPS) is 17.7. The van der Waals surface area contributed by atoms with Gasteiger partial charge in [-0.1, -0.05) is 18.2 Å². The van der Waals surface area contributed by atoms with Crippen molar-refractivity contribution in [2.24, 2.45) is 0 Å². The lowest BCUT2D eigenvalue weighted by molar-refractivity contribution is -0.693. The van der Waals surface area contributed by atoms with Gasteiger partial charge in [-0.2, -0.15) is 0 Å². The van der Waals surface area contributed by atoms with Gasteiger partial charge in [0.05, 0.1) is 12.6 Å². The first-order valence-corrected chi connectivity index (χ1v) is 8.22. The van der Waals surface area contributed by atoms with Crippen LogP contribution >= 0.6 is 0 Å². The molecule has 3 nitrogen and oxygen atoms in total. The minimum atomic E-state index is -0.278. The number of aliphatic hydroxyl groups excluding tert-OH is 1. The third-order valence-electron chi connectivity index (χ3n) is 5.08. The molecule has 1 fully saturated rings. The Morgan fingerprint density at radius 2 is 1.95 bits per heavy atom. The lowest BCUT2D eigenvalue weighted by Crippen LogP contribution is -2.91. The van der Waals surface area contributed by atoms with E-state index in [-0.39, 0.29) is 6.10 Å². The lowest BCUT2D eigenvalue weighted by Gasteiger charge is -2.16. The molecule has 3 N–H and O–H groups in total. The fourth-order valence-corrected chi connectivity index (χ4v) is 3.67. The van der Waals surface area contributed by atoms with Gasteiger partial charge in [0, 0.05) is 16.6 Å². The van der Waals surface area contributed by atoms with Gasteiger partial charge in [-0.25, -0.2) is 0 Å². The molecule has 0 bridgehead atoms. The average molecular weight is 287 g/mol. The van der Waals surface area contributed by atoms with Crippen molar-refractivity contribution in [3.8, 4) is 0 Å². The Labute approximate surface area is 127 Å². The van der Waals surface area contributed by atoms with Crippen LogP contribution in [-0.4, -0.2) is 28.4 Å². The number of rotatable bonds is 5. The van der Waals surface area contributed by atoms with Gasteiger partial charge in [-0.15, -0.1) is 0 Å². The Hall–Kier alpha value is -1.32. The van der Waals surface area contributed by atoms with Crippen LogP contribution < -0.4 is 5.32 Å². The summed E-state index contributed by atoms with van der Waals surface area (Å²) in [5, 5.41) is 14.1. The molecule has 3 heteroatoms. The van der Waals surface area contributed by atoms with Crippen LogP contribution in [0.3, 0.4) is 0 Å². The molecule has 0 radical (unpaired) electrons. The Morgan fingerprint density at radius 3 is 2.71 bits per heavy atom. The number of quaternary nitrogens is 1. The summed E-state index contributed by atoms with van der Waals surface area (Å²) in [6.45, 7) is 5.84. The van der Waals surface area contributed by atoms with Crippen LogP contribution in [0.2, 0.25) is 0 Å². The zero-order valence-corrected chi connectivity index (χ0v) is 13.2. The van der Waals surface area contributed by atoms with Crippen LogP contribution in [-0.2, 0) is 6.54 Å². The summed E-state index contributed by atoms with van der Waals surface area (Å²) in [4.78, 5) is 0. The first-order valence-electron chi connectivity index (χ1n) is 8.22. The molecule has 3 rings (SSSR count). The van der Waals surface area contributed by atoms with E-state index in [9.17, 15) is 5.11 Å². The zero-order valence-electron chi connectivity index (χ0n) is 13.2. The minimum absolute atomic E-state index is 0.278. The fraction of sp³-hybridized carbons (Fsp3) is 0.556. The number of hydrogen-bond donors (Lipinski definition) is 2. The number of nitrogens with zero attached hydrogens (tertiary/aromatic N) is 1. The van der Waals surface area contributed by atoms with Gasteiger partial charge < -0.3 is 15.0 Å². The average Bonchev–Trinajstić information content (AvgIpc) is 3.09. The number of aryl methyl sites for hydroxylation is 1. The second kappa shape index (κ2) is 6.20. The van der Waals surface area contributed by atoms with Crippen molar-refractivity contribution in [3.05, 3.63) is 35.5 Å². The molecule has 1 aromatic carbocycles. The molecule has 1 atom stereocenters. The van der Waals surface area contributed by atoms with Crippen molar-refractivity contribution in [1.82, 2.24) is 4.57 Å². The third-order valence-corrected chi connectivity index (χ3v) is 5.08.